The number of hydrogen-bond donors (Lipinski definition) is 0. The average Bonchev–Trinajstić information content (AvgIpc) is 2.14. The fourth-order valence-electron chi connectivity index (χ4n) is 1.83. The minimum absolute atomic E-state index is 0.528. The van der Waals surface area contributed by atoms with Crippen molar-refractivity contribution in [3.8, 4) is 0 Å². The van der Waals surface area contributed by atoms with E-state index in [4.69, 9.17) is 4.74 Å². The van der Waals surface area contributed by atoms with E-state index in [9.17, 15) is 18.0 Å². The summed E-state index contributed by atoms with van der Waals surface area (Å²) in [5.74, 6) is -1.85. The van der Waals surface area contributed by atoms with Crippen LogP contribution in [0.2, 0.25) is 0 Å². The fraction of sp³-hybridized carbons (Fsp3) is 0.364. The van der Waals surface area contributed by atoms with Crippen molar-refractivity contribution in [2.24, 2.45) is 5.92 Å². The van der Waals surface area contributed by atoms with Gasteiger partial charge < -0.3 is 4.74 Å². The highest BCUT2D eigenvalue weighted by Gasteiger charge is 2.45. The van der Waals surface area contributed by atoms with Gasteiger partial charge in [-0.15, -0.1) is 0 Å². The Morgan fingerprint density at radius 1 is 1.38 bits per heavy atom. The van der Waals surface area contributed by atoms with Crippen molar-refractivity contribution < 1.29 is 22.7 Å². The molecule has 0 amide bonds. The smallest absolute Gasteiger partial charge is 0.413 e. The van der Waals surface area contributed by atoms with Crippen LogP contribution in [0.5, 0.6) is 0 Å². The summed E-state index contributed by atoms with van der Waals surface area (Å²) < 4.78 is 42.8. The summed E-state index contributed by atoms with van der Waals surface area (Å²) in [6.07, 6.45) is -0.252. The fourth-order valence-corrected chi connectivity index (χ4v) is 1.83. The molecule has 0 bridgehead atoms. The van der Waals surface area contributed by atoms with Gasteiger partial charge in [-0.25, -0.2) is 4.79 Å². The number of halogens is 3. The standard InChI is InChI=1S/C11H9F3O2/c1-6-2-3-7-8(11(12,13)14)5-10(15)16-9(7)4-6/h2-5,7,9H,1H3. The molecule has 2 unspecified atom stereocenters. The first-order valence-electron chi connectivity index (χ1n) is 4.74. The molecule has 0 aromatic heterocycles. The minimum atomic E-state index is -4.49. The van der Waals surface area contributed by atoms with Gasteiger partial charge in [0.25, 0.3) is 0 Å². The Morgan fingerprint density at radius 3 is 2.69 bits per heavy atom. The SMILES string of the molecule is CC1=CC2OC(=O)C=C(C(F)(F)F)C2C=C1. The molecule has 2 nitrogen and oxygen atoms in total. The molecule has 86 valence electrons. The molecule has 1 heterocycles. The van der Waals surface area contributed by atoms with E-state index in [2.05, 4.69) is 0 Å². The van der Waals surface area contributed by atoms with Crippen molar-refractivity contribution in [2.75, 3.05) is 0 Å². The van der Waals surface area contributed by atoms with Gasteiger partial charge in [0.15, 0.2) is 0 Å². The maximum atomic E-state index is 12.7. The normalized spacial score (nSPS) is 29.1. The lowest BCUT2D eigenvalue weighted by Crippen LogP contribution is -2.36. The third-order valence-corrected chi connectivity index (χ3v) is 2.56. The molecular formula is C11H9F3O2. The van der Waals surface area contributed by atoms with Gasteiger partial charge >= 0.3 is 12.1 Å². The van der Waals surface area contributed by atoms with Gasteiger partial charge in [0.05, 0.1) is 5.57 Å². The molecule has 1 aliphatic heterocycles. The van der Waals surface area contributed by atoms with Crippen LogP contribution < -0.4 is 0 Å². The van der Waals surface area contributed by atoms with Crippen LogP contribution in [0.4, 0.5) is 13.2 Å². The van der Waals surface area contributed by atoms with E-state index in [1.165, 1.54) is 12.2 Å². The van der Waals surface area contributed by atoms with Crippen molar-refractivity contribution >= 4 is 5.97 Å². The first-order chi connectivity index (χ1) is 7.38. The second-order valence-corrected chi connectivity index (χ2v) is 3.79. The van der Waals surface area contributed by atoms with Crippen LogP contribution in [0.15, 0.2) is 35.5 Å². The van der Waals surface area contributed by atoms with Gasteiger partial charge in [-0.3, -0.25) is 0 Å². The average molecular weight is 230 g/mol. The molecule has 0 spiro atoms. The predicted octanol–water partition coefficient (Wildman–Crippen LogP) is 2.53. The number of ether oxygens (including phenoxy) is 1. The third kappa shape index (κ3) is 1.89. The largest absolute Gasteiger partial charge is 0.454 e. The molecule has 0 saturated carbocycles. The lowest BCUT2D eigenvalue weighted by Gasteiger charge is -2.31. The van der Waals surface area contributed by atoms with E-state index in [0.717, 1.165) is 5.57 Å². The quantitative estimate of drug-likeness (QED) is 0.598. The monoisotopic (exact) mass is 230 g/mol. The van der Waals surface area contributed by atoms with Gasteiger partial charge in [-0.2, -0.15) is 13.2 Å². The summed E-state index contributed by atoms with van der Waals surface area (Å²) in [7, 11) is 0. The molecule has 5 heteroatoms. The number of fused-ring (bicyclic) bond motifs is 1. The van der Waals surface area contributed by atoms with E-state index in [1.807, 2.05) is 0 Å². The van der Waals surface area contributed by atoms with Crippen molar-refractivity contribution in [3.05, 3.63) is 35.5 Å². The number of hydrogen-bond acceptors (Lipinski definition) is 2. The lowest BCUT2D eigenvalue weighted by atomic mass is 9.85. The van der Waals surface area contributed by atoms with Crippen LogP contribution in [-0.2, 0) is 9.53 Å². The predicted molar refractivity (Wildman–Crippen MR) is 50.4 cm³/mol. The molecule has 1 aliphatic carbocycles. The maximum Gasteiger partial charge on any atom is 0.413 e. The zero-order valence-corrected chi connectivity index (χ0v) is 8.41. The van der Waals surface area contributed by atoms with Crippen LogP contribution in [0.3, 0.4) is 0 Å². The second kappa shape index (κ2) is 3.50. The van der Waals surface area contributed by atoms with E-state index in [1.54, 1.807) is 13.0 Å². The molecule has 0 N–H and O–H groups in total. The van der Waals surface area contributed by atoms with Crippen molar-refractivity contribution in [1.82, 2.24) is 0 Å². The topological polar surface area (TPSA) is 26.3 Å². The van der Waals surface area contributed by atoms with E-state index >= 15 is 0 Å². The van der Waals surface area contributed by atoms with Crippen molar-refractivity contribution in [3.63, 3.8) is 0 Å². The van der Waals surface area contributed by atoms with Crippen molar-refractivity contribution in [1.29, 1.82) is 0 Å². The number of alkyl halides is 3. The molecule has 2 atom stereocenters. The van der Waals surface area contributed by atoms with Crippen LogP contribution in [0, 0.1) is 5.92 Å². The molecule has 2 aliphatic rings. The number of esters is 1. The van der Waals surface area contributed by atoms with E-state index in [0.29, 0.717) is 6.08 Å². The van der Waals surface area contributed by atoms with Crippen LogP contribution in [-0.4, -0.2) is 18.2 Å². The van der Waals surface area contributed by atoms with Gasteiger partial charge in [0.2, 0.25) is 0 Å². The minimum Gasteiger partial charge on any atom is -0.454 e. The molecule has 0 fully saturated rings. The summed E-state index contributed by atoms with van der Waals surface area (Å²) >= 11 is 0. The van der Waals surface area contributed by atoms with E-state index < -0.39 is 29.7 Å². The van der Waals surface area contributed by atoms with Crippen LogP contribution in [0.1, 0.15) is 6.92 Å². The summed E-state index contributed by atoms with van der Waals surface area (Å²) in [4.78, 5) is 11.0. The Hall–Kier alpha value is -1.52. The molecule has 16 heavy (non-hydrogen) atoms. The first kappa shape index (κ1) is 11.0. The Balaban J connectivity index is 2.40. The Morgan fingerprint density at radius 2 is 2.06 bits per heavy atom. The molecule has 2 rings (SSSR count). The second-order valence-electron chi connectivity index (χ2n) is 3.79. The Kier molecular flexibility index (Phi) is 2.40. The zero-order chi connectivity index (χ0) is 11.9. The first-order valence-corrected chi connectivity index (χ1v) is 4.74. The Labute approximate surface area is 90.1 Å². The highest BCUT2D eigenvalue weighted by atomic mass is 19.4. The zero-order valence-electron chi connectivity index (χ0n) is 8.41. The summed E-state index contributed by atoms with van der Waals surface area (Å²) in [5, 5.41) is 0. The number of rotatable bonds is 0. The number of carbonyl (C=O) groups excluding carboxylic acids is 1. The molecule has 0 radical (unpaired) electrons. The van der Waals surface area contributed by atoms with E-state index in [-0.39, 0.29) is 0 Å². The van der Waals surface area contributed by atoms with Gasteiger partial charge in [0, 0.05) is 12.0 Å². The lowest BCUT2D eigenvalue weighted by molar-refractivity contribution is -0.149. The number of allylic oxidation sites excluding steroid dienone is 2. The number of carbonyl (C=O) groups is 1. The van der Waals surface area contributed by atoms with Gasteiger partial charge in [0.1, 0.15) is 6.10 Å². The summed E-state index contributed by atoms with van der Waals surface area (Å²) in [6.45, 7) is 1.74. The Bertz CT molecular complexity index is 415. The summed E-state index contributed by atoms with van der Waals surface area (Å²) in [5.41, 5.74) is -0.0498. The molecule has 0 saturated heterocycles. The maximum absolute atomic E-state index is 12.7. The molecule has 0 aromatic carbocycles. The van der Waals surface area contributed by atoms with Gasteiger partial charge in [-0.05, 0) is 13.0 Å². The molecular weight excluding hydrogens is 221 g/mol. The van der Waals surface area contributed by atoms with Crippen LogP contribution >= 0.6 is 0 Å². The van der Waals surface area contributed by atoms with Gasteiger partial charge in [-0.1, -0.05) is 17.7 Å². The summed E-state index contributed by atoms with van der Waals surface area (Å²) in [6, 6.07) is 0. The van der Waals surface area contributed by atoms with Crippen LogP contribution in [0.25, 0.3) is 0 Å². The van der Waals surface area contributed by atoms with Crippen molar-refractivity contribution in [2.45, 2.75) is 19.2 Å². The third-order valence-electron chi connectivity index (χ3n) is 2.56. The highest BCUT2D eigenvalue weighted by molar-refractivity contribution is 5.85. The molecule has 0 aromatic rings. The highest BCUT2D eigenvalue weighted by Crippen LogP contribution is 2.39.